The van der Waals surface area contributed by atoms with Crippen molar-refractivity contribution in [1.29, 1.82) is 0 Å². The van der Waals surface area contributed by atoms with Gasteiger partial charge in [0.25, 0.3) is 5.69 Å². The van der Waals surface area contributed by atoms with Crippen LogP contribution in [-0.4, -0.2) is 28.0 Å². The summed E-state index contributed by atoms with van der Waals surface area (Å²) < 4.78 is 40.0. The van der Waals surface area contributed by atoms with Crippen LogP contribution < -0.4 is 10.6 Å². The number of non-ortho nitro benzene ring substituents is 1. The van der Waals surface area contributed by atoms with Crippen molar-refractivity contribution in [3.8, 4) is 0 Å². The highest BCUT2D eigenvalue weighted by Crippen LogP contribution is 2.36. The summed E-state index contributed by atoms with van der Waals surface area (Å²) in [5.74, 6) is 0.969. The molecule has 0 saturated carbocycles. The van der Waals surface area contributed by atoms with Gasteiger partial charge in [-0.05, 0) is 74.2 Å². The number of aryl methyl sites for hydroxylation is 2. The highest BCUT2D eigenvalue weighted by atomic mass is 19.4. The number of nitro benzene ring substituents is 1. The van der Waals surface area contributed by atoms with E-state index in [4.69, 9.17) is 0 Å². The summed E-state index contributed by atoms with van der Waals surface area (Å²) in [6.45, 7) is 7.07. The Hall–Kier alpha value is -3.53. The first-order chi connectivity index (χ1) is 16.0. The molecule has 0 aliphatic carbocycles. The van der Waals surface area contributed by atoms with E-state index in [1.807, 2.05) is 19.1 Å². The topological polar surface area (TPSA) is 93.0 Å². The molecular formula is C24H24F3N5O2. The van der Waals surface area contributed by atoms with E-state index in [9.17, 15) is 23.3 Å². The largest absolute Gasteiger partial charge is 0.416 e. The van der Waals surface area contributed by atoms with Gasteiger partial charge < -0.3 is 10.6 Å². The van der Waals surface area contributed by atoms with Crippen LogP contribution >= 0.6 is 0 Å². The summed E-state index contributed by atoms with van der Waals surface area (Å²) in [5.41, 5.74) is 2.54. The number of fused-ring (bicyclic) bond motifs is 1. The van der Waals surface area contributed by atoms with Crippen LogP contribution in [-0.2, 0) is 6.18 Å². The molecule has 0 unspecified atom stereocenters. The van der Waals surface area contributed by atoms with Crippen molar-refractivity contribution >= 4 is 28.0 Å². The van der Waals surface area contributed by atoms with E-state index < -0.39 is 28.4 Å². The fourth-order valence-corrected chi connectivity index (χ4v) is 4.16. The molecule has 7 nitrogen and oxygen atoms in total. The first kappa shape index (κ1) is 23.6. The number of alkyl halides is 3. The zero-order valence-electron chi connectivity index (χ0n) is 19.0. The van der Waals surface area contributed by atoms with Crippen LogP contribution in [0.4, 0.5) is 24.7 Å². The number of rotatable bonds is 5. The minimum absolute atomic E-state index is 0.138. The van der Waals surface area contributed by atoms with Crippen LogP contribution in [0.25, 0.3) is 16.5 Å². The molecule has 1 atom stereocenters. The third kappa shape index (κ3) is 4.86. The third-order valence-electron chi connectivity index (χ3n) is 5.90. The average Bonchev–Trinajstić information content (AvgIpc) is 2.78. The molecule has 4 rings (SSSR count). The van der Waals surface area contributed by atoms with Gasteiger partial charge in [-0.3, -0.25) is 10.1 Å². The van der Waals surface area contributed by atoms with Gasteiger partial charge in [0.1, 0.15) is 11.6 Å². The second-order valence-corrected chi connectivity index (χ2v) is 8.42. The molecule has 1 aromatic heterocycles. The molecule has 0 bridgehead atoms. The predicted molar refractivity (Wildman–Crippen MR) is 125 cm³/mol. The lowest BCUT2D eigenvalue weighted by molar-refractivity contribution is -0.385. The molecular weight excluding hydrogens is 447 g/mol. The minimum Gasteiger partial charge on any atom is -0.363 e. The number of hydrogen-bond donors (Lipinski definition) is 2. The summed E-state index contributed by atoms with van der Waals surface area (Å²) in [4.78, 5) is 19.4. The Labute approximate surface area is 194 Å². The van der Waals surface area contributed by atoms with E-state index in [2.05, 4.69) is 26.7 Å². The van der Waals surface area contributed by atoms with Gasteiger partial charge in [-0.25, -0.2) is 9.97 Å². The van der Waals surface area contributed by atoms with Gasteiger partial charge in [-0.15, -0.1) is 0 Å². The smallest absolute Gasteiger partial charge is 0.363 e. The van der Waals surface area contributed by atoms with Crippen LogP contribution in [0.2, 0.25) is 0 Å². The van der Waals surface area contributed by atoms with Crippen molar-refractivity contribution in [2.75, 3.05) is 18.4 Å². The predicted octanol–water partition coefficient (Wildman–Crippen LogP) is 5.72. The van der Waals surface area contributed by atoms with Gasteiger partial charge in [0.2, 0.25) is 0 Å². The fourth-order valence-electron chi connectivity index (χ4n) is 4.16. The SMILES string of the molecule is Cc1nc(N[C@H](C)c2cc([N+](=O)[O-])cc(C(F)(F)F)c2)c2cc(C3=CCNCC3)c(C)cc2n1. The van der Waals surface area contributed by atoms with Gasteiger partial charge in [-0.1, -0.05) is 6.08 Å². The van der Waals surface area contributed by atoms with Crippen LogP contribution in [0.15, 0.2) is 36.4 Å². The summed E-state index contributed by atoms with van der Waals surface area (Å²) in [6.07, 6.45) is -1.68. The molecule has 0 radical (unpaired) electrons. The number of aromatic nitrogens is 2. The van der Waals surface area contributed by atoms with E-state index in [0.717, 1.165) is 48.2 Å². The maximum absolute atomic E-state index is 13.3. The van der Waals surface area contributed by atoms with Crippen LogP contribution in [0.3, 0.4) is 0 Å². The lowest BCUT2D eigenvalue weighted by Gasteiger charge is -2.20. The number of halogens is 3. The van der Waals surface area contributed by atoms with E-state index in [1.54, 1.807) is 13.8 Å². The van der Waals surface area contributed by atoms with E-state index in [-0.39, 0.29) is 5.56 Å². The monoisotopic (exact) mass is 471 g/mol. The number of nitrogens with one attached hydrogen (secondary N) is 2. The Balaban J connectivity index is 1.78. The van der Waals surface area contributed by atoms with Crippen LogP contribution in [0.1, 0.15) is 47.5 Å². The normalized spacial score (nSPS) is 15.2. The number of anilines is 1. The average molecular weight is 471 g/mol. The molecule has 2 N–H and O–H groups in total. The van der Waals surface area contributed by atoms with E-state index in [1.165, 1.54) is 5.57 Å². The maximum Gasteiger partial charge on any atom is 0.416 e. The molecule has 178 valence electrons. The molecule has 1 aliphatic rings. The highest BCUT2D eigenvalue weighted by Gasteiger charge is 2.33. The minimum atomic E-state index is -4.70. The van der Waals surface area contributed by atoms with Crippen molar-refractivity contribution < 1.29 is 18.1 Å². The number of benzene rings is 2. The fraction of sp³-hybridized carbons (Fsp3) is 0.333. The zero-order chi connectivity index (χ0) is 24.6. The van der Waals surface area contributed by atoms with Gasteiger partial charge in [0.15, 0.2) is 0 Å². The van der Waals surface area contributed by atoms with Gasteiger partial charge in [0.05, 0.1) is 22.0 Å². The molecule has 2 heterocycles. The number of nitro groups is 1. The Morgan fingerprint density at radius 2 is 1.91 bits per heavy atom. The molecule has 1 aliphatic heterocycles. The van der Waals surface area contributed by atoms with Crippen molar-refractivity contribution in [3.05, 3.63) is 74.6 Å². The number of hydrogen-bond acceptors (Lipinski definition) is 6. The van der Waals surface area contributed by atoms with Crippen molar-refractivity contribution in [2.45, 2.75) is 39.4 Å². The summed E-state index contributed by atoms with van der Waals surface area (Å²) in [6, 6.07) is 5.93. The number of nitrogens with zero attached hydrogens (tertiary/aromatic N) is 3. The summed E-state index contributed by atoms with van der Waals surface area (Å²) in [5, 5.41) is 18.4. The van der Waals surface area contributed by atoms with Crippen molar-refractivity contribution in [1.82, 2.24) is 15.3 Å². The Kier molecular flexibility index (Phi) is 6.26. The van der Waals surface area contributed by atoms with Crippen LogP contribution in [0, 0.1) is 24.0 Å². The van der Waals surface area contributed by atoms with E-state index in [0.29, 0.717) is 23.2 Å². The lowest BCUT2D eigenvalue weighted by atomic mass is 9.94. The van der Waals surface area contributed by atoms with Crippen molar-refractivity contribution in [2.24, 2.45) is 0 Å². The Morgan fingerprint density at radius 1 is 1.15 bits per heavy atom. The van der Waals surface area contributed by atoms with Crippen molar-refractivity contribution in [3.63, 3.8) is 0 Å². The zero-order valence-corrected chi connectivity index (χ0v) is 19.0. The second kappa shape index (κ2) is 9.02. The standard InChI is InChI=1S/C24H24F3N5O2/c1-13-8-22-21(12-20(13)16-4-6-28-7-5-16)23(31-15(3)30-22)29-14(2)17-9-18(24(25,26)27)11-19(10-17)32(33)34/h4,8-12,14,28H,5-7H2,1-3H3,(H,29,30,31)/t14-/m1/s1. The summed E-state index contributed by atoms with van der Waals surface area (Å²) in [7, 11) is 0. The molecule has 34 heavy (non-hydrogen) atoms. The Morgan fingerprint density at radius 3 is 2.56 bits per heavy atom. The van der Waals surface area contributed by atoms with E-state index >= 15 is 0 Å². The summed E-state index contributed by atoms with van der Waals surface area (Å²) >= 11 is 0. The third-order valence-corrected chi connectivity index (χ3v) is 5.90. The molecule has 0 amide bonds. The van der Waals surface area contributed by atoms with Gasteiger partial charge in [0, 0.05) is 24.1 Å². The first-order valence-corrected chi connectivity index (χ1v) is 10.8. The molecule has 2 aromatic carbocycles. The molecule has 3 aromatic rings. The molecule has 0 spiro atoms. The first-order valence-electron chi connectivity index (χ1n) is 10.8. The molecule has 0 fully saturated rings. The molecule has 0 saturated heterocycles. The van der Waals surface area contributed by atoms with Gasteiger partial charge in [-0.2, -0.15) is 13.2 Å². The molecule has 10 heteroatoms. The quantitative estimate of drug-likeness (QED) is 0.365. The lowest BCUT2D eigenvalue weighted by Crippen LogP contribution is -2.20. The van der Waals surface area contributed by atoms with Crippen LogP contribution in [0.5, 0.6) is 0 Å². The highest BCUT2D eigenvalue weighted by molar-refractivity contribution is 5.93. The van der Waals surface area contributed by atoms with Gasteiger partial charge >= 0.3 is 6.18 Å². The maximum atomic E-state index is 13.3. The second-order valence-electron chi connectivity index (χ2n) is 8.42. The Bertz CT molecular complexity index is 1300.